The molecule has 0 atom stereocenters. The average molecular weight is 386 g/mol. The summed E-state index contributed by atoms with van der Waals surface area (Å²) in [4.78, 5) is 0. The van der Waals surface area contributed by atoms with Crippen molar-refractivity contribution in [2.24, 2.45) is 0 Å². The Labute approximate surface area is 170 Å². The number of phenolic OH excluding ortho intramolecular Hbond substituents is 1. The topological polar surface area (TPSA) is 20.2 Å². The highest BCUT2D eigenvalue weighted by molar-refractivity contribution is 5.71. The minimum atomic E-state index is 0. The number of quaternary nitrogens is 1. The summed E-state index contributed by atoms with van der Waals surface area (Å²) in [5.41, 5.74) is 4.57. The van der Waals surface area contributed by atoms with Crippen molar-refractivity contribution in [3.63, 3.8) is 0 Å². The molecule has 0 unspecified atom stereocenters. The lowest BCUT2D eigenvalue weighted by atomic mass is 9.98. The van der Waals surface area contributed by atoms with Crippen molar-refractivity contribution in [1.82, 2.24) is 0 Å². The monoisotopic (exact) mass is 385 g/mol. The van der Waals surface area contributed by atoms with Gasteiger partial charge in [0.05, 0.1) is 26.2 Å². The van der Waals surface area contributed by atoms with Crippen molar-refractivity contribution < 1.29 is 22.0 Å². The van der Waals surface area contributed by atoms with Crippen LogP contribution in [0.2, 0.25) is 0 Å². The molecule has 0 spiro atoms. The van der Waals surface area contributed by atoms with Gasteiger partial charge in [0.2, 0.25) is 0 Å². The molecular formula is C24H32ClNO. The molecule has 2 aromatic carbocycles. The first-order valence-electron chi connectivity index (χ1n) is 9.97. The van der Waals surface area contributed by atoms with E-state index in [0.717, 1.165) is 24.1 Å². The molecule has 1 N–H and O–H groups in total. The van der Waals surface area contributed by atoms with Crippen LogP contribution in [0.25, 0.3) is 11.1 Å². The maximum Gasteiger partial charge on any atom is 0.123 e. The number of benzene rings is 2. The van der Waals surface area contributed by atoms with E-state index in [0.29, 0.717) is 5.75 Å². The molecule has 146 valence electrons. The number of aryl methyl sites for hydroxylation is 2. The van der Waals surface area contributed by atoms with Gasteiger partial charge in [-0.05, 0) is 61.9 Å². The molecule has 0 aliphatic carbocycles. The number of phenols is 1. The van der Waals surface area contributed by atoms with Crippen molar-refractivity contribution in [2.75, 3.05) is 26.2 Å². The molecular weight excluding hydrogens is 354 g/mol. The summed E-state index contributed by atoms with van der Waals surface area (Å²) >= 11 is 0. The molecule has 27 heavy (non-hydrogen) atoms. The van der Waals surface area contributed by atoms with Gasteiger partial charge in [-0.1, -0.05) is 42.5 Å². The third kappa shape index (κ3) is 5.60. The van der Waals surface area contributed by atoms with Crippen LogP contribution in [0.3, 0.4) is 0 Å². The number of hydrogen-bond donors (Lipinski definition) is 1. The van der Waals surface area contributed by atoms with Crippen LogP contribution in [0.15, 0.2) is 55.1 Å². The van der Waals surface area contributed by atoms with Gasteiger partial charge in [0.15, 0.2) is 0 Å². The maximum absolute atomic E-state index is 10.2. The molecule has 1 aliphatic heterocycles. The molecule has 0 bridgehead atoms. The van der Waals surface area contributed by atoms with Crippen molar-refractivity contribution >= 4 is 0 Å². The highest BCUT2D eigenvalue weighted by atomic mass is 35.5. The van der Waals surface area contributed by atoms with Gasteiger partial charge in [-0.25, -0.2) is 0 Å². The molecule has 0 amide bonds. The second-order valence-electron chi connectivity index (χ2n) is 7.87. The van der Waals surface area contributed by atoms with Gasteiger partial charge >= 0.3 is 0 Å². The Morgan fingerprint density at radius 3 is 2.59 bits per heavy atom. The summed E-state index contributed by atoms with van der Waals surface area (Å²) in [5.74, 6) is 0.358. The first-order chi connectivity index (χ1) is 12.6. The van der Waals surface area contributed by atoms with Gasteiger partial charge in [-0.15, -0.1) is 0 Å². The van der Waals surface area contributed by atoms with Crippen LogP contribution in [0.5, 0.6) is 5.75 Å². The molecule has 1 saturated heterocycles. The summed E-state index contributed by atoms with van der Waals surface area (Å²) in [6.45, 7) is 11.0. The fourth-order valence-electron chi connectivity index (χ4n) is 4.35. The number of nitrogens with zero attached hydrogens (tertiary/aromatic N) is 1. The minimum Gasteiger partial charge on any atom is -1.00 e. The van der Waals surface area contributed by atoms with Crippen LogP contribution in [0.1, 0.15) is 36.8 Å². The Morgan fingerprint density at radius 1 is 1.07 bits per heavy atom. The second kappa shape index (κ2) is 9.96. The zero-order valence-corrected chi connectivity index (χ0v) is 17.2. The van der Waals surface area contributed by atoms with Gasteiger partial charge in [-0.2, -0.15) is 0 Å². The normalized spacial score (nSPS) is 15.7. The number of hydrogen-bond acceptors (Lipinski definition) is 1. The van der Waals surface area contributed by atoms with Crippen LogP contribution in [0, 0.1) is 6.92 Å². The summed E-state index contributed by atoms with van der Waals surface area (Å²) in [7, 11) is 0. The molecule has 0 saturated carbocycles. The largest absolute Gasteiger partial charge is 1.00 e. The molecule has 2 nitrogen and oxygen atoms in total. The van der Waals surface area contributed by atoms with E-state index in [9.17, 15) is 5.11 Å². The molecule has 3 rings (SSSR count). The standard InChI is InChI=1S/C24H31NO.ClH/c1-3-14-25(15-5-4-6-16-25)17-8-10-21-9-7-11-22(19-21)23-18-20(2)12-13-24(23)26;/h3,7,9,11-13,18-19H,1,4-6,8,10,14-17H2,2H3;1H. The zero-order chi connectivity index (χ0) is 18.4. The predicted molar refractivity (Wildman–Crippen MR) is 110 cm³/mol. The van der Waals surface area contributed by atoms with E-state index >= 15 is 0 Å². The lowest BCUT2D eigenvalue weighted by Crippen LogP contribution is -3.00. The van der Waals surface area contributed by atoms with E-state index in [1.165, 1.54) is 60.9 Å². The molecule has 0 aromatic heterocycles. The van der Waals surface area contributed by atoms with Crippen LogP contribution < -0.4 is 12.4 Å². The third-order valence-electron chi connectivity index (χ3n) is 5.77. The highest BCUT2D eigenvalue weighted by Gasteiger charge is 2.27. The fraction of sp³-hybridized carbons (Fsp3) is 0.417. The highest BCUT2D eigenvalue weighted by Crippen LogP contribution is 2.30. The Morgan fingerprint density at radius 2 is 1.85 bits per heavy atom. The lowest BCUT2D eigenvalue weighted by Gasteiger charge is -2.41. The van der Waals surface area contributed by atoms with E-state index in [-0.39, 0.29) is 12.4 Å². The van der Waals surface area contributed by atoms with Gasteiger partial charge < -0.3 is 22.0 Å². The lowest BCUT2D eigenvalue weighted by molar-refractivity contribution is -0.927. The smallest absolute Gasteiger partial charge is 0.123 e. The summed E-state index contributed by atoms with van der Waals surface area (Å²) in [6.07, 6.45) is 8.51. The zero-order valence-electron chi connectivity index (χ0n) is 16.5. The Hall–Kier alpha value is -1.77. The number of halogens is 1. The van der Waals surface area contributed by atoms with Crippen molar-refractivity contribution in [2.45, 2.75) is 39.0 Å². The molecule has 1 aliphatic rings. The minimum absolute atomic E-state index is 0. The van der Waals surface area contributed by atoms with Crippen molar-refractivity contribution in [3.8, 4) is 16.9 Å². The van der Waals surface area contributed by atoms with Crippen molar-refractivity contribution in [1.29, 1.82) is 0 Å². The Balaban J connectivity index is 0.00000261. The summed E-state index contributed by atoms with van der Waals surface area (Å²) in [5, 5.41) is 10.2. The maximum atomic E-state index is 10.2. The van der Waals surface area contributed by atoms with Gasteiger partial charge in [-0.3, -0.25) is 0 Å². The fourth-order valence-corrected chi connectivity index (χ4v) is 4.35. The first kappa shape index (κ1) is 21.5. The Kier molecular flexibility index (Phi) is 7.94. The first-order valence-corrected chi connectivity index (χ1v) is 9.97. The predicted octanol–water partition coefficient (Wildman–Crippen LogP) is 2.49. The van der Waals surface area contributed by atoms with E-state index in [1.807, 2.05) is 6.07 Å². The third-order valence-corrected chi connectivity index (χ3v) is 5.77. The van der Waals surface area contributed by atoms with Crippen molar-refractivity contribution in [3.05, 3.63) is 66.2 Å². The summed E-state index contributed by atoms with van der Waals surface area (Å²) in [6, 6.07) is 14.5. The molecule has 1 fully saturated rings. The molecule has 2 aromatic rings. The van der Waals surface area contributed by atoms with Gasteiger partial charge in [0.1, 0.15) is 5.75 Å². The van der Waals surface area contributed by atoms with E-state index in [4.69, 9.17) is 0 Å². The van der Waals surface area contributed by atoms with E-state index < -0.39 is 0 Å². The second-order valence-corrected chi connectivity index (χ2v) is 7.87. The molecule has 1 heterocycles. The number of likely N-dealkylation sites (tertiary alicyclic amines) is 1. The number of piperidine rings is 1. The Bertz CT molecular complexity index is 750. The average Bonchev–Trinajstić information content (AvgIpc) is 2.65. The van der Waals surface area contributed by atoms with Crippen LogP contribution in [-0.4, -0.2) is 35.8 Å². The van der Waals surface area contributed by atoms with Crippen LogP contribution >= 0.6 is 0 Å². The SMILES string of the molecule is C=CC[N+]1(CCCc2cccc(-c3cc(C)ccc3O)c2)CCCCC1.[Cl-]. The van der Waals surface area contributed by atoms with Gasteiger partial charge in [0, 0.05) is 12.0 Å². The number of aromatic hydroxyl groups is 1. The van der Waals surface area contributed by atoms with Gasteiger partial charge in [0.25, 0.3) is 0 Å². The van der Waals surface area contributed by atoms with Crippen LogP contribution in [0.4, 0.5) is 0 Å². The van der Waals surface area contributed by atoms with E-state index in [1.54, 1.807) is 6.07 Å². The molecule has 3 heteroatoms. The number of rotatable bonds is 7. The quantitative estimate of drug-likeness (QED) is 0.573. The molecule has 0 radical (unpaired) electrons. The van der Waals surface area contributed by atoms with E-state index in [2.05, 4.69) is 49.9 Å². The van der Waals surface area contributed by atoms with Crippen LogP contribution in [-0.2, 0) is 6.42 Å². The summed E-state index contributed by atoms with van der Waals surface area (Å²) < 4.78 is 1.22.